The molecular formula is C8H17N3O3. The quantitative estimate of drug-likeness (QED) is 0.356. The van der Waals surface area contributed by atoms with Gasteiger partial charge in [0.15, 0.2) is 0 Å². The number of carbonyl (C=O) groups is 2. The number of amides is 2. The molecule has 0 aliphatic rings. The van der Waals surface area contributed by atoms with Gasteiger partial charge in [-0.15, -0.1) is 0 Å². The Bertz CT molecular complexity index is 194. The summed E-state index contributed by atoms with van der Waals surface area (Å²) in [5.41, 5.74) is 7.13. The Morgan fingerprint density at radius 1 is 1.43 bits per heavy atom. The zero-order valence-electron chi connectivity index (χ0n) is 8.50. The van der Waals surface area contributed by atoms with Crippen LogP contribution in [0.5, 0.6) is 0 Å². The Kier molecular flexibility index (Phi) is 6.69. The number of hydrogen-bond acceptors (Lipinski definition) is 4. The zero-order valence-corrected chi connectivity index (χ0v) is 8.50. The SMILES string of the molecule is CC(C)CNC(=O)CNOCC(N)=O. The fourth-order valence-electron chi connectivity index (χ4n) is 0.619. The van der Waals surface area contributed by atoms with E-state index in [0.717, 1.165) is 0 Å². The zero-order chi connectivity index (χ0) is 11.0. The number of nitrogens with two attached hydrogens (primary N) is 1. The van der Waals surface area contributed by atoms with Crippen molar-refractivity contribution < 1.29 is 14.4 Å². The van der Waals surface area contributed by atoms with Crippen LogP contribution in [0.2, 0.25) is 0 Å². The lowest BCUT2D eigenvalue weighted by Crippen LogP contribution is -2.37. The first-order valence-electron chi connectivity index (χ1n) is 4.42. The van der Waals surface area contributed by atoms with Crippen LogP contribution in [-0.2, 0) is 14.4 Å². The molecule has 0 saturated heterocycles. The smallest absolute Gasteiger partial charge is 0.245 e. The molecule has 0 rings (SSSR count). The van der Waals surface area contributed by atoms with Gasteiger partial charge in [0.25, 0.3) is 0 Å². The highest BCUT2D eigenvalue weighted by Crippen LogP contribution is 1.85. The van der Waals surface area contributed by atoms with E-state index in [1.54, 1.807) is 0 Å². The van der Waals surface area contributed by atoms with Crippen LogP contribution in [0.15, 0.2) is 0 Å². The molecular weight excluding hydrogens is 186 g/mol. The molecule has 0 atom stereocenters. The molecule has 4 N–H and O–H groups in total. The summed E-state index contributed by atoms with van der Waals surface area (Å²) in [6.07, 6.45) is 0. The second kappa shape index (κ2) is 7.28. The van der Waals surface area contributed by atoms with Gasteiger partial charge in [0.05, 0.1) is 6.54 Å². The summed E-state index contributed by atoms with van der Waals surface area (Å²) in [7, 11) is 0. The average molecular weight is 203 g/mol. The van der Waals surface area contributed by atoms with Crippen molar-refractivity contribution in [2.24, 2.45) is 11.7 Å². The minimum Gasteiger partial charge on any atom is -0.368 e. The number of nitrogens with one attached hydrogen (secondary N) is 2. The van der Waals surface area contributed by atoms with Gasteiger partial charge in [-0.2, -0.15) is 5.48 Å². The van der Waals surface area contributed by atoms with Crippen LogP contribution in [0.3, 0.4) is 0 Å². The van der Waals surface area contributed by atoms with E-state index in [2.05, 4.69) is 15.6 Å². The summed E-state index contributed by atoms with van der Waals surface area (Å²) in [6, 6.07) is 0. The van der Waals surface area contributed by atoms with Crippen LogP contribution in [-0.4, -0.2) is 31.5 Å². The molecule has 0 aromatic heterocycles. The molecule has 0 saturated carbocycles. The fraction of sp³-hybridized carbons (Fsp3) is 0.750. The van der Waals surface area contributed by atoms with Gasteiger partial charge in [-0.1, -0.05) is 13.8 Å². The van der Waals surface area contributed by atoms with E-state index in [9.17, 15) is 9.59 Å². The molecule has 0 aromatic carbocycles. The lowest BCUT2D eigenvalue weighted by Gasteiger charge is -2.07. The van der Waals surface area contributed by atoms with Crippen molar-refractivity contribution >= 4 is 11.8 Å². The van der Waals surface area contributed by atoms with Crippen molar-refractivity contribution in [1.82, 2.24) is 10.8 Å². The second-order valence-electron chi connectivity index (χ2n) is 3.27. The van der Waals surface area contributed by atoms with Gasteiger partial charge in [-0.25, -0.2) is 0 Å². The largest absolute Gasteiger partial charge is 0.368 e. The molecule has 0 radical (unpaired) electrons. The number of primary amides is 1. The van der Waals surface area contributed by atoms with E-state index in [1.165, 1.54) is 0 Å². The maximum Gasteiger partial charge on any atom is 0.245 e. The number of rotatable bonds is 7. The van der Waals surface area contributed by atoms with E-state index >= 15 is 0 Å². The third-order valence-corrected chi connectivity index (χ3v) is 1.26. The molecule has 0 fully saturated rings. The van der Waals surface area contributed by atoms with Crippen LogP contribution in [0.4, 0.5) is 0 Å². The van der Waals surface area contributed by atoms with Gasteiger partial charge in [0.2, 0.25) is 11.8 Å². The molecule has 0 aromatic rings. The minimum atomic E-state index is -0.583. The molecule has 0 heterocycles. The first kappa shape index (κ1) is 12.9. The Balaban J connectivity index is 3.31. The first-order valence-corrected chi connectivity index (χ1v) is 4.42. The van der Waals surface area contributed by atoms with Crippen LogP contribution in [0.1, 0.15) is 13.8 Å². The molecule has 0 aliphatic heterocycles. The van der Waals surface area contributed by atoms with Crippen molar-refractivity contribution in [1.29, 1.82) is 0 Å². The normalized spacial score (nSPS) is 10.2. The van der Waals surface area contributed by atoms with Crippen molar-refractivity contribution in [2.75, 3.05) is 19.7 Å². The van der Waals surface area contributed by atoms with E-state index < -0.39 is 5.91 Å². The average Bonchev–Trinajstić information content (AvgIpc) is 2.08. The van der Waals surface area contributed by atoms with Crippen molar-refractivity contribution in [3.05, 3.63) is 0 Å². The van der Waals surface area contributed by atoms with Crippen LogP contribution >= 0.6 is 0 Å². The Labute approximate surface area is 83.1 Å². The molecule has 6 nitrogen and oxygen atoms in total. The molecule has 6 heteroatoms. The molecule has 2 amide bonds. The van der Waals surface area contributed by atoms with Gasteiger partial charge >= 0.3 is 0 Å². The molecule has 0 spiro atoms. The van der Waals surface area contributed by atoms with Gasteiger partial charge in [-0.3, -0.25) is 14.4 Å². The number of hydroxylamine groups is 1. The molecule has 0 bridgehead atoms. The van der Waals surface area contributed by atoms with Gasteiger partial charge in [0.1, 0.15) is 6.61 Å². The highest BCUT2D eigenvalue weighted by atomic mass is 16.6. The predicted molar refractivity (Wildman–Crippen MR) is 51.0 cm³/mol. The fourth-order valence-corrected chi connectivity index (χ4v) is 0.619. The maximum atomic E-state index is 11.0. The van der Waals surface area contributed by atoms with E-state index in [4.69, 9.17) is 5.73 Å². The molecule has 14 heavy (non-hydrogen) atoms. The lowest BCUT2D eigenvalue weighted by molar-refractivity contribution is -0.129. The Morgan fingerprint density at radius 2 is 2.07 bits per heavy atom. The summed E-state index contributed by atoms with van der Waals surface area (Å²) in [6.45, 7) is 4.39. The highest BCUT2D eigenvalue weighted by Gasteiger charge is 2.01. The summed E-state index contributed by atoms with van der Waals surface area (Å²) < 4.78 is 0. The molecule has 0 unspecified atom stereocenters. The van der Waals surface area contributed by atoms with Crippen LogP contribution in [0.25, 0.3) is 0 Å². The lowest BCUT2D eigenvalue weighted by atomic mass is 10.2. The maximum absolute atomic E-state index is 11.0. The van der Waals surface area contributed by atoms with Crippen LogP contribution in [0, 0.1) is 5.92 Å². The monoisotopic (exact) mass is 203 g/mol. The Morgan fingerprint density at radius 3 is 2.57 bits per heavy atom. The topological polar surface area (TPSA) is 93.4 Å². The van der Waals surface area contributed by atoms with Crippen LogP contribution < -0.4 is 16.5 Å². The summed E-state index contributed by atoms with van der Waals surface area (Å²) >= 11 is 0. The van der Waals surface area contributed by atoms with Crippen molar-refractivity contribution in [3.63, 3.8) is 0 Å². The summed E-state index contributed by atoms with van der Waals surface area (Å²) in [4.78, 5) is 25.8. The van der Waals surface area contributed by atoms with Gasteiger partial charge in [-0.05, 0) is 5.92 Å². The predicted octanol–water partition coefficient (Wildman–Crippen LogP) is -1.23. The van der Waals surface area contributed by atoms with Crippen molar-refractivity contribution in [2.45, 2.75) is 13.8 Å². The van der Waals surface area contributed by atoms with E-state index in [-0.39, 0.29) is 19.1 Å². The summed E-state index contributed by atoms with van der Waals surface area (Å²) in [5.74, 6) is -0.353. The van der Waals surface area contributed by atoms with Gasteiger partial charge in [0, 0.05) is 6.54 Å². The number of carbonyl (C=O) groups excluding carboxylic acids is 2. The highest BCUT2D eigenvalue weighted by molar-refractivity contribution is 5.78. The van der Waals surface area contributed by atoms with E-state index in [0.29, 0.717) is 12.5 Å². The number of hydrogen-bond donors (Lipinski definition) is 3. The second-order valence-corrected chi connectivity index (χ2v) is 3.27. The van der Waals surface area contributed by atoms with E-state index in [1.807, 2.05) is 13.8 Å². The Hall–Kier alpha value is -1.14. The first-order chi connectivity index (χ1) is 6.52. The molecule has 0 aliphatic carbocycles. The third kappa shape index (κ3) is 8.95. The van der Waals surface area contributed by atoms with Crippen molar-refractivity contribution in [3.8, 4) is 0 Å². The minimum absolute atomic E-state index is 0.0139. The summed E-state index contributed by atoms with van der Waals surface area (Å²) in [5, 5.41) is 2.67. The third-order valence-electron chi connectivity index (χ3n) is 1.26. The molecule has 82 valence electrons. The standard InChI is InChI=1S/C8H17N3O3/c1-6(2)3-10-8(13)4-11-14-5-7(9)12/h6,11H,3-5H2,1-2H3,(H2,9,12)(H,10,13). The van der Waals surface area contributed by atoms with Gasteiger partial charge < -0.3 is 11.1 Å².